The Labute approximate surface area is 131 Å². The van der Waals surface area contributed by atoms with Gasteiger partial charge < -0.3 is 5.32 Å². The highest BCUT2D eigenvalue weighted by Gasteiger charge is 2.47. The van der Waals surface area contributed by atoms with Gasteiger partial charge in [-0.25, -0.2) is 0 Å². The molecule has 2 atom stereocenters. The second kappa shape index (κ2) is 5.46. The van der Waals surface area contributed by atoms with Crippen molar-refractivity contribution in [2.45, 2.75) is 51.9 Å². The summed E-state index contributed by atoms with van der Waals surface area (Å²) in [6.45, 7) is 7.26. The number of hydrogen-bond acceptors (Lipinski definition) is 1. The molecule has 2 unspecified atom stereocenters. The molecule has 1 aliphatic heterocycles. The molecule has 1 N–H and O–H groups in total. The summed E-state index contributed by atoms with van der Waals surface area (Å²) in [5.41, 5.74) is 2.53. The van der Waals surface area contributed by atoms with E-state index >= 15 is 0 Å². The molecular formula is C18H26BrN. The smallest absolute Gasteiger partial charge is 0.0210 e. The lowest BCUT2D eigenvalue weighted by Gasteiger charge is -2.52. The SMILES string of the molecule is CC1(C)CCCC2(CCNCC2c2ccccc2Br)C1. The average molecular weight is 336 g/mol. The predicted octanol–water partition coefficient (Wildman–Crippen LogP) is 5.11. The Bertz CT molecular complexity index is 478. The lowest BCUT2D eigenvalue weighted by molar-refractivity contribution is 0.0330. The van der Waals surface area contributed by atoms with Crippen molar-refractivity contribution in [1.29, 1.82) is 0 Å². The summed E-state index contributed by atoms with van der Waals surface area (Å²) in [6.07, 6.45) is 6.92. The minimum atomic E-state index is 0.509. The van der Waals surface area contributed by atoms with Crippen LogP contribution in [0.15, 0.2) is 28.7 Å². The first-order valence-corrected chi connectivity index (χ1v) is 8.77. The Hall–Kier alpha value is -0.340. The van der Waals surface area contributed by atoms with Crippen molar-refractivity contribution in [3.8, 4) is 0 Å². The molecule has 1 aromatic carbocycles. The fourth-order valence-corrected chi connectivity index (χ4v) is 5.29. The molecule has 3 rings (SSSR count). The number of hydrogen-bond donors (Lipinski definition) is 1. The molecule has 20 heavy (non-hydrogen) atoms. The van der Waals surface area contributed by atoms with Crippen LogP contribution in [0.5, 0.6) is 0 Å². The normalized spacial score (nSPS) is 33.2. The number of piperidine rings is 1. The van der Waals surface area contributed by atoms with Gasteiger partial charge in [-0.1, -0.05) is 54.4 Å². The molecule has 2 fully saturated rings. The first-order valence-electron chi connectivity index (χ1n) is 7.98. The topological polar surface area (TPSA) is 12.0 Å². The van der Waals surface area contributed by atoms with Gasteiger partial charge in [0.15, 0.2) is 0 Å². The summed E-state index contributed by atoms with van der Waals surface area (Å²) in [5, 5.41) is 3.64. The van der Waals surface area contributed by atoms with Crippen LogP contribution >= 0.6 is 15.9 Å². The number of halogens is 1. The van der Waals surface area contributed by atoms with E-state index < -0.39 is 0 Å². The molecule has 0 amide bonds. The van der Waals surface area contributed by atoms with E-state index in [2.05, 4.69) is 59.4 Å². The summed E-state index contributed by atoms with van der Waals surface area (Å²) in [7, 11) is 0. The monoisotopic (exact) mass is 335 g/mol. The van der Waals surface area contributed by atoms with E-state index in [0.29, 0.717) is 16.7 Å². The molecule has 1 heterocycles. The van der Waals surface area contributed by atoms with E-state index in [1.54, 1.807) is 0 Å². The molecular weight excluding hydrogens is 310 g/mol. The Balaban J connectivity index is 1.97. The van der Waals surface area contributed by atoms with Crippen LogP contribution in [0.3, 0.4) is 0 Å². The summed E-state index contributed by atoms with van der Waals surface area (Å²) in [6, 6.07) is 8.84. The lowest BCUT2D eigenvalue weighted by Crippen LogP contribution is -2.47. The van der Waals surface area contributed by atoms with E-state index in [9.17, 15) is 0 Å². The second-order valence-electron chi connectivity index (χ2n) is 7.59. The van der Waals surface area contributed by atoms with Crippen LogP contribution in [-0.2, 0) is 0 Å². The van der Waals surface area contributed by atoms with Crippen LogP contribution in [0.2, 0.25) is 0 Å². The fraction of sp³-hybridized carbons (Fsp3) is 0.667. The van der Waals surface area contributed by atoms with Gasteiger partial charge in [-0.05, 0) is 54.7 Å². The van der Waals surface area contributed by atoms with Crippen molar-refractivity contribution in [3.05, 3.63) is 34.3 Å². The highest BCUT2D eigenvalue weighted by molar-refractivity contribution is 9.10. The van der Waals surface area contributed by atoms with Crippen molar-refractivity contribution in [3.63, 3.8) is 0 Å². The van der Waals surface area contributed by atoms with Crippen LogP contribution in [0.4, 0.5) is 0 Å². The molecule has 1 nitrogen and oxygen atoms in total. The van der Waals surface area contributed by atoms with Gasteiger partial charge in [0.05, 0.1) is 0 Å². The fourth-order valence-electron chi connectivity index (χ4n) is 4.73. The van der Waals surface area contributed by atoms with Crippen molar-refractivity contribution in [2.24, 2.45) is 10.8 Å². The maximum absolute atomic E-state index is 3.78. The maximum Gasteiger partial charge on any atom is 0.0210 e. The zero-order chi connectivity index (χ0) is 14.2. The molecule has 1 saturated carbocycles. The number of nitrogens with one attached hydrogen (secondary N) is 1. The van der Waals surface area contributed by atoms with Crippen LogP contribution in [0.25, 0.3) is 0 Å². The van der Waals surface area contributed by atoms with Crippen molar-refractivity contribution in [2.75, 3.05) is 13.1 Å². The summed E-state index contributed by atoms with van der Waals surface area (Å²) >= 11 is 3.78. The summed E-state index contributed by atoms with van der Waals surface area (Å²) < 4.78 is 1.29. The minimum absolute atomic E-state index is 0.509. The van der Waals surface area contributed by atoms with Gasteiger partial charge in [0, 0.05) is 16.9 Å². The van der Waals surface area contributed by atoms with E-state index in [4.69, 9.17) is 0 Å². The minimum Gasteiger partial charge on any atom is -0.316 e. The summed E-state index contributed by atoms with van der Waals surface area (Å²) in [4.78, 5) is 0. The zero-order valence-electron chi connectivity index (χ0n) is 12.7. The summed E-state index contributed by atoms with van der Waals surface area (Å²) in [5.74, 6) is 0.659. The molecule has 1 saturated heterocycles. The van der Waals surface area contributed by atoms with Crippen molar-refractivity contribution in [1.82, 2.24) is 5.32 Å². The van der Waals surface area contributed by atoms with Crippen LogP contribution in [-0.4, -0.2) is 13.1 Å². The van der Waals surface area contributed by atoms with Gasteiger partial charge in [0.2, 0.25) is 0 Å². The van der Waals surface area contributed by atoms with Crippen molar-refractivity contribution < 1.29 is 0 Å². The Morgan fingerprint density at radius 2 is 1.95 bits per heavy atom. The number of rotatable bonds is 1. The van der Waals surface area contributed by atoms with Crippen LogP contribution < -0.4 is 5.32 Å². The maximum atomic E-state index is 3.78. The first-order chi connectivity index (χ1) is 9.53. The van der Waals surface area contributed by atoms with Gasteiger partial charge in [-0.15, -0.1) is 0 Å². The van der Waals surface area contributed by atoms with E-state index in [1.807, 2.05) is 0 Å². The average Bonchev–Trinajstić information content (AvgIpc) is 2.39. The molecule has 1 aliphatic carbocycles. The largest absolute Gasteiger partial charge is 0.316 e. The van der Waals surface area contributed by atoms with Crippen LogP contribution in [0.1, 0.15) is 57.4 Å². The highest BCUT2D eigenvalue weighted by atomic mass is 79.9. The Morgan fingerprint density at radius 3 is 2.70 bits per heavy atom. The van der Waals surface area contributed by atoms with Gasteiger partial charge in [0.1, 0.15) is 0 Å². The quantitative estimate of drug-likeness (QED) is 0.751. The third-order valence-corrected chi connectivity index (χ3v) is 6.25. The molecule has 1 aromatic rings. The van der Waals surface area contributed by atoms with E-state index in [1.165, 1.54) is 48.7 Å². The molecule has 1 spiro atoms. The standard InChI is InChI=1S/C18H26BrN/c1-17(2)8-5-9-18(13-17)10-11-20-12-15(18)14-6-3-4-7-16(14)19/h3-4,6-7,15,20H,5,8-13H2,1-2H3. The predicted molar refractivity (Wildman–Crippen MR) is 89.1 cm³/mol. The molecule has 2 aliphatic rings. The third kappa shape index (κ3) is 2.69. The third-order valence-electron chi connectivity index (χ3n) is 5.53. The van der Waals surface area contributed by atoms with Gasteiger partial charge >= 0.3 is 0 Å². The van der Waals surface area contributed by atoms with E-state index in [-0.39, 0.29) is 0 Å². The Kier molecular flexibility index (Phi) is 3.98. The Morgan fingerprint density at radius 1 is 1.15 bits per heavy atom. The lowest BCUT2D eigenvalue weighted by atomic mass is 9.55. The second-order valence-corrected chi connectivity index (χ2v) is 8.44. The molecule has 2 heteroatoms. The number of benzene rings is 1. The zero-order valence-corrected chi connectivity index (χ0v) is 14.3. The molecule has 0 aromatic heterocycles. The molecule has 0 radical (unpaired) electrons. The van der Waals surface area contributed by atoms with E-state index in [0.717, 1.165) is 6.54 Å². The van der Waals surface area contributed by atoms with Gasteiger partial charge in [-0.3, -0.25) is 0 Å². The van der Waals surface area contributed by atoms with Crippen molar-refractivity contribution >= 4 is 15.9 Å². The highest BCUT2D eigenvalue weighted by Crippen LogP contribution is 2.56. The van der Waals surface area contributed by atoms with Crippen LogP contribution in [0, 0.1) is 10.8 Å². The first kappa shape index (κ1) is 14.6. The van der Waals surface area contributed by atoms with Gasteiger partial charge in [0.25, 0.3) is 0 Å². The molecule has 110 valence electrons. The van der Waals surface area contributed by atoms with Gasteiger partial charge in [-0.2, -0.15) is 0 Å². The molecule has 0 bridgehead atoms.